The van der Waals surface area contributed by atoms with E-state index in [0.29, 0.717) is 23.3 Å². The molecular formula is C11H18N2O5S3. The molecule has 0 saturated carbocycles. The molecule has 7 nitrogen and oxygen atoms in total. The van der Waals surface area contributed by atoms with Gasteiger partial charge >= 0.3 is 0 Å². The third-order valence-corrected chi connectivity index (χ3v) is 8.05. The summed E-state index contributed by atoms with van der Waals surface area (Å²) in [6.45, 7) is 3.52. The van der Waals surface area contributed by atoms with Gasteiger partial charge in [0.2, 0.25) is 10.0 Å². The van der Waals surface area contributed by atoms with Crippen molar-refractivity contribution in [1.82, 2.24) is 5.32 Å². The number of sulfonamides is 1. The Kier molecular flexibility index (Phi) is 4.24. The molecule has 0 spiro atoms. The van der Waals surface area contributed by atoms with Gasteiger partial charge in [-0.15, -0.1) is 11.3 Å². The van der Waals surface area contributed by atoms with Crippen molar-refractivity contribution in [2.24, 2.45) is 5.14 Å². The van der Waals surface area contributed by atoms with Crippen LogP contribution in [0.4, 0.5) is 0 Å². The lowest BCUT2D eigenvalue weighted by molar-refractivity contribution is 0.0760. The van der Waals surface area contributed by atoms with E-state index in [9.17, 15) is 21.9 Å². The molecule has 21 heavy (non-hydrogen) atoms. The monoisotopic (exact) mass is 354 g/mol. The lowest BCUT2D eigenvalue weighted by atomic mass is 10.1. The molecule has 0 aliphatic carbocycles. The number of sulfone groups is 1. The van der Waals surface area contributed by atoms with Crippen molar-refractivity contribution in [1.29, 1.82) is 0 Å². The summed E-state index contributed by atoms with van der Waals surface area (Å²) in [6.07, 6.45) is 0.326. The van der Waals surface area contributed by atoms with Gasteiger partial charge in [0.05, 0.1) is 11.4 Å². The predicted molar refractivity (Wildman–Crippen MR) is 79.4 cm³/mol. The van der Waals surface area contributed by atoms with Crippen LogP contribution in [0.2, 0.25) is 0 Å². The molecule has 1 aromatic rings. The molecule has 0 bridgehead atoms. The quantitative estimate of drug-likeness (QED) is 0.697. The largest absolute Gasteiger partial charge is 0.389 e. The van der Waals surface area contributed by atoms with E-state index in [4.69, 9.17) is 5.14 Å². The Hall–Kier alpha value is -0.520. The van der Waals surface area contributed by atoms with Gasteiger partial charge in [-0.25, -0.2) is 22.0 Å². The first-order valence-corrected chi connectivity index (χ1v) is 10.3. The van der Waals surface area contributed by atoms with Crippen LogP contribution in [0.25, 0.3) is 0 Å². The van der Waals surface area contributed by atoms with Crippen molar-refractivity contribution < 1.29 is 21.9 Å². The summed E-state index contributed by atoms with van der Waals surface area (Å²) < 4.78 is 46.8. The van der Waals surface area contributed by atoms with Gasteiger partial charge in [-0.2, -0.15) is 0 Å². The van der Waals surface area contributed by atoms with Crippen LogP contribution in [0, 0.1) is 0 Å². The minimum Gasteiger partial charge on any atom is -0.389 e. The Morgan fingerprint density at radius 2 is 2.14 bits per heavy atom. The van der Waals surface area contributed by atoms with Crippen molar-refractivity contribution in [3.8, 4) is 0 Å². The summed E-state index contributed by atoms with van der Waals surface area (Å²) in [6, 6.07) is 0.996. The second kappa shape index (κ2) is 5.28. The van der Waals surface area contributed by atoms with E-state index < -0.39 is 25.5 Å². The van der Waals surface area contributed by atoms with Gasteiger partial charge < -0.3 is 10.4 Å². The van der Waals surface area contributed by atoms with Crippen LogP contribution in [-0.4, -0.2) is 39.8 Å². The number of thiophene rings is 1. The van der Waals surface area contributed by atoms with Crippen molar-refractivity contribution >= 4 is 31.2 Å². The summed E-state index contributed by atoms with van der Waals surface area (Å²) in [5, 5.41) is 17.9. The first-order chi connectivity index (χ1) is 9.40. The molecule has 0 amide bonds. The van der Waals surface area contributed by atoms with Crippen LogP contribution < -0.4 is 10.5 Å². The van der Waals surface area contributed by atoms with Crippen molar-refractivity contribution in [3.63, 3.8) is 0 Å². The molecule has 0 saturated heterocycles. The zero-order valence-corrected chi connectivity index (χ0v) is 14.1. The number of hydrogen-bond acceptors (Lipinski definition) is 7. The molecule has 0 unspecified atom stereocenters. The van der Waals surface area contributed by atoms with Gasteiger partial charge in [0, 0.05) is 18.2 Å². The van der Waals surface area contributed by atoms with Crippen LogP contribution in [0.5, 0.6) is 0 Å². The summed E-state index contributed by atoms with van der Waals surface area (Å²) >= 11 is 0.683. The SMILES string of the molecule is CC(C)(O)CN[C@@H]1CCS(=O)(=O)c2sc(S(N)(=O)=O)cc21. The van der Waals surface area contributed by atoms with Gasteiger partial charge in [-0.3, -0.25) is 0 Å². The van der Waals surface area contributed by atoms with E-state index in [2.05, 4.69) is 5.32 Å². The third kappa shape index (κ3) is 3.82. The van der Waals surface area contributed by atoms with E-state index in [1.165, 1.54) is 6.07 Å². The lowest BCUT2D eigenvalue weighted by Crippen LogP contribution is -2.38. The average Bonchev–Trinajstić information content (AvgIpc) is 2.72. The van der Waals surface area contributed by atoms with Crippen LogP contribution in [-0.2, 0) is 19.9 Å². The maximum atomic E-state index is 12.1. The average molecular weight is 354 g/mol. The molecule has 1 aliphatic rings. The fourth-order valence-electron chi connectivity index (χ4n) is 2.10. The number of rotatable bonds is 4. The third-order valence-electron chi connectivity index (χ3n) is 3.10. The Bertz CT molecular complexity index is 743. The Balaban J connectivity index is 2.42. The molecule has 0 aromatic carbocycles. The van der Waals surface area contributed by atoms with Gasteiger partial charge in [-0.05, 0) is 26.3 Å². The zero-order valence-electron chi connectivity index (χ0n) is 11.7. The first-order valence-electron chi connectivity index (χ1n) is 6.25. The number of nitrogens with two attached hydrogens (primary N) is 1. The molecule has 0 fully saturated rings. The van der Waals surface area contributed by atoms with Crippen LogP contribution in [0.1, 0.15) is 31.9 Å². The van der Waals surface area contributed by atoms with Crippen LogP contribution in [0.15, 0.2) is 14.5 Å². The normalized spacial score (nSPS) is 22.0. The predicted octanol–water partition coefficient (Wildman–Crippen LogP) is -0.0255. The molecule has 1 aliphatic heterocycles. The highest BCUT2D eigenvalue weighted by Crippen LogP contribution is 2.39. The molecule has 2 heterocycles. The highest BCUT2D eigenvalue weighted by Gasteiger charge is 2.35. The topological polar surface area (TPSA) is 127 Å². The second-order valence-corrected chi connectivity index (χ2v) is 10.9. The van der Waals surface area contributed by atoms with Crippen molar-refractivity contribution in [2.45, 2.75) is 40.3 Å². The number of aliphatic hydroxyl groups is 1. The van der Waals surface area contributed by atoms with E-state index in [-0.39, 0.29) is 26.8 Å². The number of fused-ring (bicyclic) bond motifs is 1. The van der Waals surface area contributed by atoms with Gasteiger partial charge in [0.25, 0.3) is 0 Å². The molecular weight excluding hydrogens is 336 g/mol. The Morgan fingerprint density at radius 3 is 2.67 bits per heavy atom. The highest BCUT2D eigenvalue weighted by atomic mass is 32.3. The molecule has 1 aromatic heterocycles. The number of primary sulfonamides is 1. The van der Waals surface area contributed by atoms with E-state index in [1.54, 1.807) is 13.8 Å². The minimum absolute atomic E-state index is 0.0472. The Labute approximate surface area is 128 Å². The van der Waals surface area contributed by atoms with Gasteiger partial charge in [0.1, 0.15) is 8.42 Å². The maximum Gasteiger partial charge on any atom is 0.247 e. The first kappa shape index (κ1) is 16.8. The fourth-order valence-corrected chi connectivity index (χ4v) is 6.27. The van der Waals surface area contributed by atoms with Crippen molar-refractivity contribution in [3.05, 3.63) is 11.6 Å². The molecule has 1 atom stereocenters. The standard InChI is InChI=1S/C11H18N2O5S3/c1-11(2,14)6-13-8-3-4-20(15,16)10-7(8)5-9(19-10)21(12,17)18/h5,8,13-14H,3-4,6H2,1-2H3,(H2,12,17,18)/t8-/m1/s1. The zero-order chi connectivity index (χ0) is 16.1. The van der Waals surface area contributed by atoms with E-state index >= 15 is 0 Å². The minimum atomic E-state index is -3.94. The Morgan fingerprint density at radius 1 is 1.52 bits per heavy atom. The van der Waals surface area contributed by atoms with E-state index in [0.717, 1.165) is 0 Å². The molecule has 4 N–H and O–H groups in total. The molecule has 10 heteroatoms. The summed E-state index contributed by atoms with van der Waals surface area (Å²) in [7, 11) is -7.41. The lowest BCUT2D eigenvalue weighted by Gasteiger charge is -2.27. The summed E-state index contributed by atoms with van der Waals surface area (Å²) in [5.41, 5.74) is -0.533. The van der Waals surface area contributed by atoms with Crippen LogP contribution in [0.3, 0.4) is 0 Å². The van der Waals surface area contributed by atoms with E-state index in [1.807, 2.05) is 0 Å². The molecule has 2 rings (SSSR count). The molecule has 120 valence electrons. The summed E-state index contributed by atoms with van der Waals surface area (Å²) in [4.78, 5) is 0. The highest BCUT2D eigenvalue weighted by molar-refractivity contribution is 7.95. The van der Waals surface area contributed by atoms with Gasteiger partial charge in [-0.1, -0.05) is 0 Å². The molecule has 0 radical (unpaired) electrons. The van der Waals surface area contributed by atoms with Gasteiger partial charge in [0.15, 0.2) is 9.84 Å². The fraction of sp³-hybridized carbons (Fsp3) is 0.636. The maximum absolute atomic E-state index is 12.1. The second-order valence-electron chi connectivity index (χ2n) is 5.71. The van der Waals surface area contributed by atoms with Crippen molar-refractivity contribution in [2.75, 3.05) is 12.3 Å². The van der Waals surface area contributed by atoms with Crippen LogP contribution >= 0.6 is 11.3 Å². The smallest absolute Gasteiger partial charge is 0.247 e. The number of hydrogen-bond donors (Lipinski definition) is 3. The summed E-state index contributed by atoms with van der Waals surface area (Å²) in [5.74, 6) is -0.0614. The number of nitrogens with one attached hydrogen (secondary N) is 1.